The molecule has 0 aromatic carbocycles. The first kappa shape index (κ1) is 15.0. The molecule has 1 aliphatic heterocycles. The zero-order valence-corrected chi connectivity index (χ0v) is 11.1. The van der Waals surface area contributed by atoms with E-state index < -0.39 is 5.97 Å². The molecule has 5 nitrogen and oxygen atoms in total. The van der Waals surface area contributed by atoms with Gasteiger partial charge in [0.05, 0.1) is 0 Å². The second-order valence-corrected chi connectivity index (χ2v) is 5.17. The van der Waals surface area contributed by atoms with Crippen LogP contribution in [-0.2, 0) is 9.59 Å². The highest BCUT2D eigenvalue weighted by atomic mass is 16.4. The van der Waals surface area contributed by atoms with Gasteiger partial charge in [-0.05, 0) is 38.1 Å². The molecule has 0 saturated carbocycles. The largest absolute Gasteiger partial charge is 0.481 e. The van der Waals surface area contributed by atoms with E-state index in [4.69, 9.17) is 5.11 Å². The number of aliphatic carboxylic acids is 1. The van der Waals surface area contributed by atoms with Gasteiger partial charge >= 0.3 is 5.97 Å². The summed E-state index contributed by atoms with van der Waals surface area (Å²) in [4.78, 5) is 21.8. The number of amides is 1. The Morgan fingerprint density at radius 2 is 2.33 bits per heavy atom. The second kappa shape index (κ2) is 8.08. The molecule has 2 unspecified atom stereocenters. The van der Waals surface area contributed by atoms with Crippen LogP contribution in [-0.4, -0.2) is 36.1 Å². The van der Waals surface area contributed by atoms with Gasteiger partial charge in [0.15, 0.2) is 0 Å². The fraction of sp³-hybridized carbons (Fsp3) is 0.846. The maximum absolute atomic E-state index is 11.4. The van der Waals surface area contributed by atoms with Crippen molar-refractivity contribution in [2.24, 2.45) is 5.92 Å². The summed E-state index contributed by atoms with van der Waals surface area (Å²) in [6, 6.07) is 0.277. The van der Waals surface area contributed by atoms with Crippen molar-refractivity contribution in [1.82, 2.24) is 10.6 Å². The first-order chi connectivity index (χ1) is 8.58. The molecular formula is C13H24N2O3. The third-order valence-electron chi connectivity index (χ3n) is 3.40. The zero-order chi connectivity index (χ0) is 13.4. The quantitative estimate of drug-likeness (QED) is 0.638. The van der Waals surface area contributed by atoms with E-state index in [2.05, 4.69) is 17.6 Å². The molecule has 0 bridgehead atoms. The number of carboxylic acid groups (broad SMARTS) is 1. The molecule has 18 heavy (non-hydrogen) atoms. The lowest BCUT2D eigenvalue weighted by molar-refractivity contribution is -0.137. The van der Waals surface area contributed by atoms with E-state index in [9.17, 15) is 9.59 Å². The second-order valence-electron chi connectivity index (χ2n) is 5.17. The topological polar surface area (TPSA) is 78.4 Å². The predicted molar refractivity (Wildman–Crippen MR) is 69.3 cm³/mol. The van der Waals surface area contributed by atoms with Crippen molar-refractivity contribution in [2.75, 3.05) is 13.1 Å². The molecule has 1 heterocycles. The van der Waals surface area contributed by atoms with E-state index in [1.807, 2.05) is 0 Å². The maximum atomic E-state index is 11.4. The Morgan fingerprint density at radius 3 is 3.06 bits per heavy atom. The van der Waals surface area contributed by atoms with Gasteiger partial charge in [0, 0.05) is 25.4 Å². The summed E-state index contributed by atoms with van der Waals surface area (Å²) >= 11 is 0. The number of carbonyl (C=O) groups excluding carboxylic acids is 1. The van der Waals surface area contributed by atoms with Crippen molar-refractivity contribution in [1.29, 1.82) is 0 Å². The standard InChI is InChI=1S/C13H24N2O3/c1-10(4-5-13(17)18)6-8-14-11-3-2-7-15-12(16)9-11/h10-11,14H,2-9H2,1H3,(H,15,16)(H,17,18). The lowest BCUT2D eigenvalue weighted by Crippen LogP contribution is -2.33. The summed E-state index contributed by atoms with van der Waals surface area (Å²) in [5, 5.41) is 14.9. The smallest absolute Gasteiger partial charge is 0.303 e. The van der Waals surface area contributed by atoms with Crippen molar-refractivity contribution in [3.8, 4) is 0 Å². The summed E-state index contributed by atoms with van der Waals surface area (Å²) in [6.45, 7) is 3.72. The van der Waals surface area contributed by atoms with Gasteiger partial charge in [-0.3, -0.25) is 9.59 Å². The molecule has 1 aliphatic rings. The van der Waals surface area contributed by atoms with Crippen LogP contribution in [0.15, 0.2) is 0 Å². The van der Waals surface area contributed by atoms with Gasteiger partial charge in [-0.25, -0.2) is 0 Å². The lowest BCUT2D eigenvalue weighted by Gasteiger charge is -2.17. The van der Waals surface area contributed by atoms with Crippen molar-refractivity contribution < 1.29 is 14.7 Å². The van der Waals surface area contributed by atoms with Crippen LogP contribution in [0.5, 0.6) is 0 Å². The fourth-order valence-corrected chi connectivity index (χ4v) is 2.20. The minimum Gasteiger partial charge on any atom is -0.481 e. The molecule has 1 saturated heterocycles. The molecule has 0 spiro atoms. The van der Waals surface area contributed by atoms with Crippen molar-refractivity contribution >= 4 is 11.9 Å². The van der Waals surface area contributed by atoms with Gasteiger partial charge in [0.2, 0.25) is 5.91 Å². The molecular weight excluding hydrogens is 232 g/mol. The molecule has 2 atom stereocenters. The van der Waals surface area contributed by atoms with Crippen molar-refractivity contribution in [2.45, 2.75) is 51.5 Å². The van der Waals surface area contributed by atoms with Crippen LogP contribution in [0.2, 0.25) is 0 Å². The molecule has 104 valence electrons. The summed E-state index contributed by atoms with van der Waals surface area (Å²) in [5.41, 5.74) is 0. The van der Waals surface area contributed by atoms with Crippen LogP contribution in [0.4, 0.5) is 0 Å². The van der Waals surface area contributed by atoms with Gasteiger partial charge < -0.3 is 15.7 Å². The first-order valence-electron chi connectivity index (χ1n) is 6.80. The molecule has 1 rings (SSSR count). The SMILES string of the molecule is CC(CCNC1CCCNC(=O)C1)CCC(=O)O. The van der Waals surface area contributed by atoms with Gasteiger partial charge in [-0.1, -0.05) is 6.92 Å². The normalized spacial score (nSPS) is 22.1. The Balaban J connectivity index is 2.12. The van der Waals surface area contributed by atoms with E-state index in [1.165, 1.54) is 0 Å². The minimum absolute atomic E-state index is 0.129. The fourth-order valence-electron chi connectivity index (χ4n) is 2.20. The van der Waals surface area contributed by atoms with Crippen LogP contribution in [0.3, 0.4) is 0 Å². The highest BCUT2D eigenvalue weighted by Crippen LogP contribution is 2.11. The van der Waals surface area contributed by atoms with Crippen LogP contribution in [0.1, 0.15) is 45.4 Å². The van der Waals surface area contributed by atoms with Gasteiger partial charge in [-0.15, -0.1) is 0 Å². The summed E-state index contributed by atoms with van der Waals surface area (Å²) in [6.07, 6.45) is 4.55. The van der Waals surface area contributed by atoms with Crippen LogP contribution < -0.4 is 10.6 Å². The van der Waals surface area contributed by atoms with E-state index in [1.54, 1.807) is 0 Å². The average molecular weight is 256 g/mol. The number of carbonyl (C=O) groups is 2. The van der Waals surface area contributed by atoms with Gasteiger partial charge in [-0.2, -0.15) is 0 Å². The molecule has 1 amide bonds. The monoisotopic (exact) mass is 256 g/mol. The van der Waals surface area contributed by atoms with E-state index in [0.717, 1.165) is 38.8 Å². The number of nitrogens with one attached hydrogen (secondary N) is 2. The highest BCUT2D eigenvalue weighted by molar-refractivity contribution is 5.76. The van der Waals surface area contributed by atoms with Crippen LogP contribution in [0, 0.1) is 5.92 Å². The average Bonchev–Trinajstić information content (AvgIpc) is 2.51. The predicted octanol–water partition coefficient (Wildman–Crippen LogP) is 1.14. The number of hydrogen-bond donors (Lipinski definition) is 3. The Bertz CT molecular complexity index is 281. The lowest BCUT2D eigenvalue weighted by atomic mass is 10.0. The number of rotatable bonds is 7. The Labute approximate surface area is 108 Å². The summed E-state index contributed by atoms with van der Waals surface area (Å²) < 4.78 is 0. The molecule has 5 heteroatoms. The molecule has 0 radical (unpaired) electrons. The van der Waals surface area contributed by atoms with Crippen molar-refractivity contribution in [3.63, 3.8) is 0 Å². The third-order valence-corrected chi connectivity index (χ3v) is 3.40. The van der Waals surface area contributed by atoms with Crippen molar-refractivity contribution in [3.05, 3.63) is 0 Å². The zero-order valence-electron chi connectivity index (χ0n) is 11.1. The molecule has 0 aliphatic carbocycles. The summed E-state index contributed by atoms with van der Waals surface area (Å²) in [5.74, 6) is -0.188. The maximum Gasteiger partial charge on any atom is 0.303 e. The minimum atomic E-state index is -0.727. The number of carboxylic acids is 1. The van der Waals surface area contributed by atoms with Crippen LogP contribution in [0.25, 0.3) is 0 Å². The molecule has 3 N–H and O–H groups in total. The van der Waals surface area contributed by atoms with E-state index in [-0.39, 0.29) is 18.4 Å². The van der Waals surface area contributed by atoms with E-state index >= 15 is 0 Å². The Kier molecular flexibility index (Phi) is 6.72. The third kappa shape index (κ3) is 6.59. The highest BCUT2D eigenvalue weighted by Gasteiger charge is 2.16. The molecule has 0 aromatic rings. The Hall–Kier alpha value is -1.10. The first-order valence-corrected chi connectivity index (χ1v) is 6.80. The number of hydrogen-bond acceptors (Lipinski definition) is 3. The van der Waals surface area contributed by atoms with Gasteiger partial charge in [0.1, 0.15) is 0 Å². The van der Waals surface area contributed by atoms with E-state index in [0.29, 0.717) is 12.3 Å². The summed E-state index contributed by atoms with van der Waals surface area (Å²) in [7, 11) is 0. The van der Waals surface area contributed by atoms with Crippen LogP contribution >= 0.6 is 0 Å². The molecule has 1 fully saturated rings. The molecule has 0 aromatic heterocycles. The van der Waals surface area contributed by atoms with Gasteiger partial charge in [0.25, 0.3) is 0 Å². The Morgan fingerprint density at radius 1 is 1.56 bits per heavy atom.